The number of benzene rings is 1. The fourth-order valence-electron chi connectivity index (χ4n) is 2.53. The molecule has 1 amide bonds. The highest BCUT2D eigenvalue weighted by atomic mass is 35.5. The van der Waals surface area contributed by atoms with E-state index in [1.165, 1.54) is 5.56 Å². The number of carbonyl (C=O) groups excluding carboxylic acids is 1. The van der Waals surface area contributed by atoms with Gasteiger partial charge in [0.1, 0.15) is 0 Å². The van der Waals surface area contributed by atoms with E-state index >= 15 is 0 Å². The van der Waals surface area contributed by atoms with Crippen LogP contribution in [0.4, 0.5) is 5.69 Å². The standard InChI is InChI=1S/C14H16N4O.ClH/c15-11-5-1-3-9(7-11)14(19)17-12-6-2-4-10-8-16-18-13(10)12;/h1,3,5,7-8,12H,2,4,6,15H2,(H,16,18)(H,17,19);1H. The van der Waals surface area contributed by atoms with Gasteiger partial charge in [0.25, 0.3) is 5.91 Å². The van der Waals surface area contributed by atoms with Gasteiger partial charge in [-0.25, -0.2) is 0 Å². The molecule has 0 aliphatic heterocycles. The van der Waals surface area contributed by atoms with Crippen molar-refractivity contribution < 1.29 is 4.79 Å². The molecule has 0 bridgehead atoms. The first-order valence-corrected chi connectivity index (χ1v) is 6.42. The van der Waals surface area contributed by atoms with Crippen molar-refractivity contribution in [3.8, 4) is 0 Å². The molecule has 1 aliphatic carbocycles. The highest BCUT2D eigenvalue weighted by Crippen LogP contribution is 2.27. The summed E-state index contributed by atoms with van der Waals surface area (Å²) in [7, 11) is 0. The molecule has 3 rings (SSSR count). The normalized spacial score (nSPS) is 16.9. The summed E-state index contributed by atoms with van der Waals surface area (Å²) in [6, 6.07) is 7.02. The molecule has 0 fully saturated rings. The van der Waals surface area contributed by atoms with E-state index in [2.05, 4.69) is 15.5 Å². The number of nitrogens with one attached hydrogen (secondary N) is 2. The number of nitrogens with zero attached hydrogens (tertiary/aromatic N) is 1. The molecule has 1 aromatic carbocycles. The van der Waals surface area contributed by atoms with Crippen LogP contribution in [0.15, 0.2) is 30.5 Å². The minimum atomic E-state index is -0.0975. The van der Waals surface area contributed by atoms with Crippen molar-refractivity contribution in [2.75, 3.05) is 5.73 Å². The number of aromatic nitrogens is 2. The zero-order chi connectivity index (χ0) is 13.2. The second kappa shape index (κ2) is 5.96. The molecule has 0 saturated heterocycles. The van der Waals surface area contributed by atoms with Crippen LogP contribution in [0.5, 0.6) is 0 Å². The number of nitrogen functional groups attached to an aromatic ring is 1. The van der Waals surface area contributed by atoms with Crippen molar-refractivity contribution in [2.24, 2.45) is 0 Å². The minimum absolute atomic E-state index is 0. The lowest BCUT2D eigenvalue weighted by molar-refractivity contribution is 0.0932. The summed E-state index contributed by atoms with van der Waals surface area (Å²) >= 11 is 0. The number of nitrogens with two attached hydrogens (primary N) is 1. The predicted molar refractivity (Wildman–Crippen MR) is 79.8 cm³/mol. The number of aryl methyl sites for hydroxylation is 1. The third kappa shape index (κ3) is 2.77. The van der Waals surface area contributed by atoms with Crippen LogP contribution in [0.1, 0.15) is 40.5 Å². The smallest absolute Gasteiger partial charge is 0.251 e. The number of hydrogen-bond acceptors (Lipinski definition) is 3. The Balaban J connectivity index is 0.00000147. The summed E-state index contributed by atoms with van der Waals surface area (Å²) in [5, 5.41) is 10.1. The Labute approximate surface area is 123 Å². The molecule has 0 radical (unpaired) electrons. The Morgan fingerprint density at radius 3 is 3.10 bits per heavy atom. The number of rotatable bonds is 2. The highest BCUT2D eigenvalue weighted by Gasteiger charge is 2.23. The molecule has 1 aromatic heterocycles. The Bertz CT molecular complexity index is 611. The zero-order valence-electron chi connectivity index (χ0n) is 10.9. The van der Waals surface area contributed by atoms with Gasteiger partial charge in [-0.2, -0.15) is 5.10 Å². The lowest BCUT2D eigenvalue weighted by Crippen LogP contribution is -2.31. The summed E-state index contributed by atoms with van der Waals surface area (Å²) < 4.78 is 0. The van der Waals surface area contributed by atoms with E-state index in [-0.39, 0.29) is 24.4 Å². The summed E-state index contributed by atoms with van der Waals surface area (Å²) in [5.41, 5.74) is 9.11. The Hall–Kier alpha value is -2.01. The first-order valence-electron chi connectivity index (χ1n) is 6.42. The van der Waals surface area contributed by atoms with E-state index in [9.17, 15) is 4.79 Å². The van der Waals surface area contributed by atoms with E-state index in [1.807, 2.05) is 6.20 Å². The molecule has 1 unspecified atom stereocenters. The van der Waals surface area contributed by atoms with E-state index in [0.717, 1.165) is 25.0 Å². The molecular weight excluding hydrogens is 276 g/mol. The largest absolute Gasteiger partial charge is 0.399 e. The van der Waals surface area contributed by atoms with E-state index in [4.69, 9.17) is 5.73 Å². The quantitative estimate of drug-likeness (QED) is 0.742. The van der Waals surface area contributed by atoms with Gasteiger partial charge >= 0.3 is 0 Å². The molecule has 4 N–H and O–H groups in total. The molecule has 6 heteroatoms. The summed E-state index contributed by atoms with van der Waals surface area (Å²) in [6.07, 6.45) is 4.86. The molecule has 1 heterocycles. The number of aromatic amines is 1. The van der Waals surface area contributed by atoms with Crippen LogP contribution >= 0.6 is 12.4 Å². The van der Waals surface area contributed by atoms with Crippen LogP contribution in [0, 0.1) is 0 Å². The maximum atomic E-state index is 12.2. The second-order valence-corrected chi connectivity index (χ2v) is 4.85. The second-order valence-electron chi connectivity index (χ2n) is 4.85. The van der Waals surface area contributed by atoms with Crippen LogP contribution in [-0.4, -0.2) is 16.1 Å². The zero-order valence-corrected chi connectivity index (χ0v) is 11.7. The number of carbonyl (C=O) groups is 1. The fraction of sp³-hybridized carbons (Fsp3) is 0.286. The third-order valence-corrected chi connectivity index (χ3v) is 3.49. The summed E-state index contributed by atoms with van der Waals surface area (Å²) in [4.78, 5) is 12.2. The average molecular weight is 293 g/mol. The molecule has 0 spiro atoms. The van der Waals surface area contributed by atoms with Gasteiger partial charge in [-0.15, -0.1) is 12.4 Å². The van der Waals surface area contributed by atoms with Gasteiger partial charge in [0, 0.05) is 11.3 Å². The lowest BCUT2D eigenvalue weighted by Gasteiger charge is -2.22. The highest BCUT2D eigenvalue weighted by molar-refractivity contribution is 5.95. The van der Waals surface area contributed by atoms with Crippen molar-refractivity contribution in [2.45, 2.75) is 25.3 Å². The maximum absolute atomic E-state index is 12.2. The van der Waals surface area contributed by atoms with E-state index < -0.39 is 0 Å². The van der Waals surface area contributed by atoms with Gasteiger partial charge in [0.05, 0.1) is 17.9 Å². The van der Waals surface area contributed by atoms with Crippen molar-refractivity contribution in [1.29, 1.82) is 0 Å². The predicted octanol–water partition coefficient (Wildman–Crippen LogP) is 2.22. The van der Waals surface area contributed by atoms with E-state index in [1.54, 1.807) is 24.3 Å². The SMILES string of the molecule is Cl.Nc1cccc(C(=O)NC2CCCc3cn[nH]c32)c1. The number of H-pyrrole nitrogens is 1. The topological polar surface area (TPSA) is 83.8 Å². The summed E-state index contributed by atoms with van der Waals surface area (Å²) in [5.74, 6) is -0.0975. The molecule has 20 heavy (non-hydrogen) atoms. The number of fused-ring (bicyclic) bond motifs is 1. The third-order valence-electron chi connectivity index (χ3n) is 3.49. The lowest BCUT2D eigenvalue weighted by atomic mass is 9.93. The molecule has 1 atom stereocenters. The van der Waals surface area contributed by atoms with Gasteiger partial charge < -0.3 is 11.1 Å². The van der Waals surface area contributed by atoms with Crippen molar-refractivity contribution in [3.05, 3.63) is 47.3 Å². The van der Waals surface area contributed by atoms with Crippen LogP contribution in [-0.2, 0) is 6.42 Å². The van der Waals surface area contributed by atoms with Gasteiger partial charge in [0.2, 0.25) is 0 Å². The molecule has 0 saturated carbocycles. The minimum Gasteiger partial charge on any atom is -0.399 e. The maximum Gasteiger partial charge on any atom is 0.251 e. The Kier molecular flexibility index (Phi) is 4.29. The monoisotopic (exact) mass is 292 g/mol. The van der Waals surface area contributed by atoms with Gasteiger partial charge in [-0.3, -0.25) is 9.89 Å². The van der Waals surface area contributed by atoms with Gasteiger partial charge in [-0.1, -0.05) is 6.07 Å². The van der Waals surface area contributed by atoms with Crippen LogP contribution in [0.25, 0.3) is 0 Å². The van der Waals surface area contributed by atoms with Crippen molar-refractivity contribution in [1.82, 2.24) is 15.5 Å². The molecule has 106 valence electrons. The fourth-order valence-corrected chi connectivity index (χ4v) is 2.53. The number of anilines is 1. The Morgan fingerprint density at radius 1 is 1.45 bits per heavy atom. The average Bonchev–Trinajstić information content (AvgIpc) is 2.88. The molecular formula is C14H17ClN4O. The Morgan fingerprint density at radius 2 is 2.30 bits per heavy atom. The summed E-state index contributed by atoms with van der Waals surface area (Å²) in [6.45, 7) is 0. The van der Waals surface area contributed by atoms with Gasteiger partial charge in [-0.05, 0) is 43.0 Å². The first kappa shape index (κ1) is 14.4. The van der Waals surface area contributed by atoms with Gasteiger partial charge in [0.15, 0.2) is 0 Å². The van der Waals surface area contributed by atoms with Crippen LogP contribution in [0.3, 0.4) is 0 Å². The van der Waals surface area contributed by atoms with Crippen LogP contribution in [0.2, 0.25) is 0 Å². The van der Waals surface area contributed by atoms with Crippen LogP contribution < -0.4 is 11.1 Å². The van der Waals surface area contributed by atoms with Crippen molar-refractivity contribution in [3.63, 3.8) is 0 Å². The molecule has 5 nitrogen and oxygen atoms in total. The van der Waals surface area contributed by atoms with E-state index in [0.29, 0.717) is 11.3 Å². The number of amides is 1. The number of hydrogen-bond donors (Lipinski definition) is 3. The molecule has 2 aromatic rings. The number of halogens is 1. The molecule has 1 aliphatic rings. The van der Waals surface area contributed by atoms with Crippen molar-refractivity contribution >= 4 is 24.0 Å². The first-order chi connectivity index (χ1) is 9.24.